The zero-order chi connectivity index (χ0) is 3.58. The van der Waals surface area contributed by atoms with Crippen molar-refractivity contribution in [1.29, 1.82) is 0 Å². The van der Waals surface area contributed by atoms with E-state index in [0.717, 1.165) is 0 Å². The Hall–Kier alpha value is 3.17. The molecule has 0 bridgehead atoms. The summed E-state index contributed by atoms with van der Waals surface area (Å²) in [5, 5.41) is 0. The van der Waals surface area contributed by atoms with Crippen LogP contribution in [0.25, 0.3) is 0 Å². The van der Waals surface area contributed by atoms with Gasteiger partial charge in [-0.25, -0.2) is 0 Å². The molecule has 0 spiro atoms. The van der Waals surface area contributed by atoms with Crippen molar-refractivity contribution in [2.75, 3.05) is 0 Å². The molecule has 0 fully saturated rings. The van der Waals surface area contributed by atoms with E-state index < -0.39 is 15.4 Å². The van der Waals surface area contributed by atoms with Crippen LogP contribution < -0.4 is 29.6 Å². The van der Waals surface area contributed by atoms with Crippen LogP contribution in [-0.2, 0) is 22.7 Å². The molecule has 3 nitrogen and oxygen atoms in total. The Kier molecular flexibility index (Phi) is 51.6. The van der Waals surface area contributed by atoms with E-state index in [-0.39, 0.29) is 97.5 Å². The van der Waals surface area contributed by atoms with Crippen LogP contribution in [0, 0.1) is 0 Å². The molecule has 0 aliphatic rings. The second kappa shape index (κ2) is 16.1. The Morgan fingerprint density at radius 3 is 1.43 bits per heavy atom. The van der Waals surface area contributed by atoms with E-state index in [1.54, 1.807) is 0 Å². The Morgan fingerprint density at radius 1 is 1.43 bits per heavy atom. The molecule has 0 saturated carbocycles. The summed E-state index contributed by atoms with van der Waals surface area (Å²) in [4.78, 5) is 0. The summed E-state index contributed by atoms with van der Waals surface area (Å²) >= 11 is -3.69. The van der Waals surface area contributed by atoms with E-state index in [9.17, 15) is 0 Å². The van der Waals surface area contributed by atoms with E-state index in [2.05, 4.69) is 0 Å². The fourth-order valence-electron chi connectivity index (χ4n) is 0. The molecule has 0 aliphatic heterocycles. The van der Waals surface area contributed by atoms with Crippen LogP contribution >= 0.6 is 0 Å². The molecule has 0 heterocycles. The van der Waals surface area contributed by atoms with Crippen molar-refractivity contribution >= 4 is 60.8 Å². The van der Waals surface area contributed by atoms with Gasteiger partial charge in [-0.3, -0.25) is 0 Å². The second-order valence-corrected chi connectivity index (χ2v) is 0.981. The SMILES string of the molecule is [Ca+2].[H-].[H-].[H-].[H-].[H-].[Mg+2].[Na+].[O]=[V](=[O])[OH]. The summed E-state index contributed by atoms with van der Waals surface area (Å²) < 4.78 is 24.4. The molecule has 34 valence electrons. The normalized spacial score (nSPS) is 3.57. The Bertz CT molecular complexity index is 75.1. The first kappa shape index (κ1) is 22.5. The van der Waals surface area contributed by atoms with Crippen molar-refractivity contribution in [3.8, 4) is 0 Å². The average Bonchev–Trinajstić information content (AvgIpc) is 0.811. The number of rotatable bonds is 0. The zero-order valence-electron chi connectivity index (χ0n) is 9.13. The third-order valence-corrected chi connectivity index (χ3v) is 0. The Morgan fingerprint density at radius 2 is 1.43 bits per heavy atom. The van der Waals surface area contributed by atoms with E-state index in [1.165, 1.54) is 0 Å². The van der Waals surface area contributed by atoms with Crippen molar-refractivity contribution in [3.63, 3.8) is 0 Å². The van der Waals surface area contributed by atoms with Crippen LogP contribution in [0.2, 0.25) is 0 Å². The molecule has 0 aromatic carbocycles. The molecule has 0 saturated heterocycles. The van der Waals surface area contributed by atoms with Gasteiger partial charge in [-0.1, -0.05) is 0 Å². The molecule has 0 atom stereocenters. The van der Waals surface area contributed by atoms with Gasteiger partial charge in [0.2, 0.25) is 0 Å². The average molecular weight is 192 g/mol. The number of hydrogen-bond acceptors (Lipinski definition) is 2. The summed E-state index contributed by atoms with van der Waals surface area (Å²) in [5.74, 6) is 0. The van der Waals surface area contributed by atoms with E-state index >= 15 is 0 Å². The van der Waals surface area contributed by atoms with E-state index in [0.29, 0.717) is 0 Å². The van der Waals surface area contributed by atoms with Crippen molar-refractivity contribution in [1.82, 2.24) is 0 Å². The molecule has 0 aliphatic carbocycles. The first-order valence-corrected chi connectivity index (χ1v) is 2.33. The topological polar surface area (TPSA) is 54.4 Å². The van der Waals surface area contributed by atoms with Gasteiger partial charge in [0.15, 0.2) is 0 Å². The molecule has 0 aromatic heterocycles. The molecular formula is H6CaMgNaO3V. The fraction of sp³-hybridized carbons (Fsp3) is 0. The quantitative estimate of drug-likeness (QED) is 0.398. The van der Waals surface area contributed by atoms with Crippen LogP contribution in [0.3, 0.4) is 0 Å². The number of hydrogen-bond donors (Lipinski definition) is 1. The summed E-state index contributed by atoms with van der Waals surface area (Å²) in [5.41, 5.74) is 0. The molecule has 0 unspecified atom stereocenters. The minimum atomic E-state index is -3.69. The van der Waals surface area contributed by atoms with E-state index in [1.807, 2.05) is 0 Å². The third kappa shape index (κ3) is 46.9. The van der Waals surface area contributed by atoms with Crippen molar-refractivity contribution < 1.29 is 63.5 Å². The van der Waals surface area contributed by atoms with Gasteiger partial charge in [-0.05, 0) is 0 Å². The van der Waals surface area contributed by atoms with Crippen molar-refractivity contribution in [2.45, 2.75) is 0 Å². The predicted octanol–water partition coefficient (Wildman–Crippen LogP) is -3.99. The van der Waals surface area contributed by atoms with E-state index in [4.69, 9.17) is 11.4 Å². The molecule has 7 heavy (non-hydrogen) atoms. The summed E-state index contributed by atoms with van der Waals surface area (Å²) in [6.07, 6.45) is 0. The Labute approximate surface area is 122 Å². The second-order valence-electron chi connectivity index (χ2n) is 0.238. The Balaban J connectivity index is -0.00000000161. The molecule has 7 heteroatoms. The monoisotopic (exact) mass is 192 g/mol. The molecule has 0 amide bonds. The zero-order valence-corrected chi connectivity index (χ0v) is 11.1. The fourth-order valence-corrected chi connectivity index (χ4v) is 0. The van der Waals surface area contributed by atoms with Gasteiger partial charge in [0, 0.05) is 0 Å². The summed E-state index contributed by atoms with van der Waals surface area (Å²) in [7, 11) is 0. The van der Waals surface area contributed by atoms with Crippen LogP contribution in [0.5, 0.6) is 0 Å². The molecule has 0 radical (unpaired) electrons. The van der Waals surface area contributed by atoms with Crippen molar-refractivity contribution in [3.05, 3.63) is 0 Å². The van der Waals surface area contributed by atoms with Gasteiger partial charge in [-0.2, -0.15) is 0 Å². The van der Waals surface area contributed by atoms with Gasteiger partial charge in [-0.15, -0.1) is 0 Å². The maximum absolute atomic E-state index is 8.67. The molecule has 0 rings (SSSR count). The molecular weight excluding hydrogens is 186 g/mol. The molecule has 1 N–H and O–H groups in total. The van der Waals surface area contributed by atoms with Gasteiger partial charge < -0.3 is 7.13 Å². The van der Waals surface area contributed by atoms with Crippen LogP contribution in [0.1, 0.15) is 7.13 Å². The predicted molar refractivity (Wildman–Crippen MR) is 20.7 cm³/mol. The van der Waals surface area contributed by atoms with Crippen LogP contribution in [-0.4, -0.2) is 64.8 Å². The first-order chi connectivity index (χ1) is 1.73. The van der Waals surface area contributed by atoms with Gasteiger partial charge >= 0.3 is 117 Å². The summed E-state index contributed by atoms with van der Waals surface area (Å²) in [6, 6.07) is 0. The molecule has 0 aromatic rings. The van der Waals surface area contributed by atoms with Gasteiger partial charge in [0.1, 0.15) is 0 Å². The van der Waals surface area contributed by atoms with Crippen molar-refractivity contribution in [2.24, 2.45) is 0 Å². The standard InChI is InChI=1S/Ca.Mg.Na.H2O.2O.V.5H/h;;;1H2;;;;;;;;/q2*+2;+1;;;;+1;5*-1/p-1. The van der Waals surface area contributed by atoms with Gasteiger partial charge in [0.25, 0.3) is 0 Å². The minimum absolute atomic E-state index is 0. The van der Waals surface area contributed by atoms with Gasteiger partial charge in [0.05, 0.1) is 0 Å². The van der Waals surface area contributed by atoms with Crippen LogP contribution in [0.15, 0.2) is 0 Å². The maximum atomic E-state index is 8.67. The van der Waals surface area contributed by atoms with Crippen LogP contribution in [0.4, 0.5) is 0 Å². The summed E-state index contributed by atoms with van der Waals surface area (Å²) in [6.45, 7) is 0. The first-order valence-electron chi connectivity index (χ1n) is 0.565. The third-order valence-electron chi connectivity index (χ3n) is 0.